The van der Waals surface area contributed by atoms with Gasteiger partial charge in [-0.1, -0.05) is 12.1 Å². The number of benzene rings is 2. The predicted octanol–water partition coefficient (Wildman–Crippen LogP) is 4.99. The van der Waals surface area contributed by atoms with Gasteiger partial charge >= 0.3 is 5.69 Å². The molecule has 0 radical (unpaired) electrons. The second-order valence-electron chi connectivity index (χ2n) is 6.32. The number of nitro groups is 1. The largest absolute Gasteiger partial charge is 0.494 e. The quantitative estimate of drug-likeness (QED) is 0.425. The summed E-state index contributed by atoms with van der Waals surface area (Å²) in [6.45, 7) is 6.90. The van der Waals surface area contributed by atoms with E-state index in [1.807, 2.05) is 45.0 Å². The van der Waals surface area contributed by atoms with Crippen molar-refractivity contribution < 1.29 is 9.66 Å². The molecule has 150 valence electrons. The van der Waals surface area contributed by atoms with E-state index in [0.29, 0.717) is 18.8 Å². The third kappa shape index (κ3) is 4.60. The van der Waals surface area contributed by atoms with Crippen molar-refractivity contribution >= 4 is 28.7 Å². The molecule has 1 N–H and O–H groups in total. The number of aryl methyl sites for hydroxylation is 1. The number of hydrogen-bond acceptors (Lipinski definition) is 7. The number of nitrogens with zero attached hydrogens (tertiary/aromatic N) is 4. The second kappa shape index (κ2) is 9.01. The fourth-order valence-electron chi connectivity index (χ4n) is 3.01. The van der Waals surface area contributed by atoms with E-state index in [4.69, 9.17) is 4.74 Å². The van der Waals surface area contributed by atoms with Gasteiger partial charge in [0.05, 0.1) is 11.5 Å². The van der Waals surface area contributed by atoms with Gasteiger partial charge in [0.2, 0.25) is 11.6 Å². The van der Waals surface area contributed by atoms with Crippen molar-refractivity contribution in [2.45, 2.75) is 20.8 Å². The molecule has 1 heterocycles. The second-order valence-corrected chi connectivity index (χ2v) is 6.32. The summed E-state index contributed by atoms with van der Waals surface area (Å²) in [5, 5.41) is 15.0. The van der Waals surface area contributed by atoms with E-state index in [2.05, 4.69) is 15.3 Å². The maximum atomic E-state index is 11.9. The first-order valence-corrected chi connectivity index (χ1v) is 9.37. The van der Waals surface area contributed by atoms with E-state index in [1.165, 1.54) is 6.33 Å². The maximum absolute atomic E-state index is 11.9. The summed E-state index contributed by atoms with van der Waals surface area (Å²) in [4.78, 5) is 21.6. The highest BCUT2D eigenvalue weighted by atomic mass is 16.6. The minimum Gasteiger partial charge on any atom is -0.494 e. The van der Waals surface area contributed by atoms with Crippen molar-refractivity contribution in [3.8, 4) is 5.75 Å². The van der Waals surface area contributed by atoms with E-state index in [1.54, 1.807) is 29.2 Å². The Balaban J connectivity index is 2.00. The highest BCUT2D eigenvalue weighted by Gasteiger charge is 2.27. The van der Waals surface area contributed by atoms with Gasteiger partial charge in [-0.2, -0.15) is 0 Å². The summed E-state index contributed by atoms with van der Waals surface area (Å²) < 4.78 is 5.43. The fraction of sp³-hybridized carbons (Fsp3) is 0.238. The zero-order valence-corrected chi connectivity index (χ0v) is 16.6. The van der Waals surface area contributed by atoms with Gasteiger partial charge in [-0.15, -0.1) is 0 Å². The highest BCUT2D eigenvalue weighted by Crippen LogP contribution is 2.37. The van der Waals surface area contributed by atoms with Crippen LogP contribution in [0.3, 0.4) is 0 Å². The molecule has 0 atom stereocenters. The van der Waals surface area contributed by atoms with E-state index in [0.717, 1.165) is 17.0 Å². The zero-order chi connectivity index (χ0) is 20.8. The van der Waals surface area contributed by atoms with Crippen LogP contribution in [0.4, 0.5) is 28.7 Å². The first kappa shape index (κ1) is 20.1. The van der Waals surface area contributed by atoms with E-state index in [-0.39, 0.29) is 17.3 Å². The molecule has 0 aliphatic carbocycles. The smallest absolute Gasteiger partial charge is 0.354 e. The molecule has 2 aromatic carbocycles. The van der Waals surface area contributed by atoms with Gasteiger partial charge in [0.15, 0.2) is 0 Å². The first-order valence-electron chi connectivity index (χ1n) is 9.37. The van der Waals surface area contributed by atoms with Crippen LogP contribution in [0, 0.1) is 17.0 Å². The number of hydrogen-bond donors (Lipinski definition) is 1. The minimum atomic E-state index is -0.454. The number of ether oxygens (including phenoxy) is 1. The van der Waals surface area contributed by atoms with Crippen LogP contribution in [0.5, 0.6) is 5.75 Å². The van der Waals surface area contributed by atoms with Gasteiger partial charge in [0.1, 0.15) is 12.1 Å². The van der Waals surface area contributed by atoms with Gasteiger partial charge in [-0.05, 0) is 62.7 Å². The van der Waals surface area contributed by atoms with Gasteiger partial charge in [0.25, 0.3) is 0 Å². The molecule has 8 nitrogen and oxygen atoms in total. The lowest BCUT2D eigenvalue weighted by molar-refractivity contribution is -0.383. The average molecular weight is 393 g/mol. The highest BCUT2D eigenvalue weighted by molar-refractivity contribution is 5.78. The zero-order valence-electron chi connectivity index (χ0n) is 16.6. The Morgan fingerprint density at radius 3 is 2.52 bits per heavy atom. The first-order chi connectivity index (χ1) is 14.0. The number of nitrogens with one attached hydrogen (secondary N) is 1. The van der Waals surface area contributed by atoms with Crippen molar-refractivity contribution in [1.82, 2.24) is 9.97 Å². The molecule has 0 aliphatic heterocycles. The van der Waals surface area contributed by atoms with Gasteiger partial charge in [-0.3, -0.25) is 10.1 Å². The lowest BCUT2D eigenvalue weighted by Crippen LogP contribution is -2.19. The summed E-state index contributed by atoms with van der Waals surface area (Å²) in [5.74, 6) is 1.11. The third-order valence-electron chi connectivity index (χ3n) is 4.30. The predicted molar refractivity (Wildman–Crippen MR) is 113 cm³/mol. The van der Waals surface area contributed by atoms with Crippen molar-refractivity contribution in [2.24, 2.45) is 0 Å². The molecule has 0 unspecified atom stereocenters. The van der Waals surface area contributed by atoms with E-state index >= 15 is 0 Å². The Morgan fingerprint density at radius 1 is 1.14 bits per heavy atom. The molecule has 0 aliphatic rings. The summed E-state index contributed by atoms with van der Waals surface area (Å²) in [6, 6.07) is 14.9. The van der Waals surface area contributed by atoms with Crippen molar-refractivity contribution in [2.75, 3.05) is 23.4 Å². The molecule has 0 amide bonds. The Hall–Kier alpha value is -3.68. The molecule has 8 heteroatoms. The molecule has 0 saturated carbocycles. The molecule has 0 fully saturated rings. The lowest BCUT2D eigenvalue weighted by atomic mass is 10.2. The summed E-state index contributed by atoms with van der Waals surface area (Å²) in [5.41, 5.74) is 2.39. The molecule has 0 spiro atoms. The topological polar surface area (TPSA) is 93.4 Å². The molecule has 0 bridgehead atoms. The molecule has 3 aromatic rings. The van der Waals surface area contributed by atoms with Crippen LogP contribution in [-0.2, 0) is 0 Å². The summed E-state index contributed by atoms with van der Waals surface area (Å²) in [7, 11) is 0. The molecular weight excluding hydrogens is 370 g/mol. The number of rotatable bonds is 8. The Kier molecular flexibility index (Phi) is 6.23. The normalized spacial score (nSPS) is 10.4. The number of anilines is 4. The molecule has 29 heavy (non-hydrogen) atoms. The van der Waals surface area contributed by atoms with Crippen LogP contribution in [0.25, 0.3) is 0 Å². The SMILES string of the molecule is CCOc1ccc(Nc2ncnc(N(CC)c3cccc(C)c3)c2[N+](=O)[O-])cc1. The fourth-order valence-corrected chi connectivity index (χ4v) is 3.01. The molecule has 3 rings (SSSR count). The van der Waals surface area contributed by atoms with E-state index < -0.39 is 4.92 Å². The monoisotopic (exact) mass is 393 g/mol. The minimum absolute atomic E-state index is 0.135. The van der Waals surface area contributed by atoms with Crippen LogP contribution in [0.15, 0.2) is 54.9 Å². The van der Waals surface area contributed by atoms with Crippen molar-refractivity contribution in [3.63, 3.8) is 0 Å². The number of aromatic nitrogens is 2. The Morgan fingerprint density at radius 2 is 1.90 bits per heavy atom. The standard InChI is InChI=1S/C21H23N5O3/c1-4-25(17-8-6-7-15(3)13-17)21-19(26(27)28)20(22-14-23-21)24-16-9-11-18(12-10-16)29-5-2/h6-14H,4-5H2,1-3H3,(H,22,23,24). The van der Waals surface area contributed by atoms with Gasteiger partial charge in [0, 0.05) is 17.9 Å². The Labute approximate surface area is 169 Å². The van der Waals surface area contributed by atoms with Crippen LogP contribution in [-0.4, -0.2) is 28.0 Å². The maximum Gasteiger partial charge on any atom is 0.354 e. The van der Waals surface area contributed by atoms with Crippen LogP contribution < -0.4 is 15.0 Å². The van der Waals surface area contributed by atoms with Crippen LogP contribution >= 0.6 is 0 Å². The van der Waals surface area contributed by atoms with Crippen LogP contribution in [0.2, 0.25) is 0 Å². The summed E-state index contributed by atoms with van der Waals surface area (Å²) >= 11 is 0. The molecular formula is C21H23N5O3. The van der Waals surface area contributed by atoms with Crippen molar-refractivity contribution in [1.29, 1.82) is 0 Å². The van der Waals surface area contributed by atoms with Gasteiger partial charge < -0.3 is 15.0 Å². The molecule has 0 saturated heterocycles. The van der Waals surface area contributed by atoms with E-state index in [9.17, 15) is 10.1 Å². The van der Waals surface area contributed by atoms with Gasteiger partial charge in [-0.25, -0.2) is 9.97 Å². The summed E-state index contributed by atoms with van der Waals surface area (Å²) in [6.07, 6.45) is 1.33. The van der Waals surface area contributed by atoms with Crippen LogP contribution in [0.1, 0.15) is 19.4 Å². The third-order valence-corrected chi connectivity index (χ3v) is 4.30. The average Bonchev–Trinajstić information content (AvgIpc) is 2.70. The molecule has 1 aromatic heterocycles. The van der Waals surface area contributed by atoms with Crippen molar-refractivity contribution in [3.05, 3.63) is 70.5 Å². The Bertz CT molecular complexity index is 992. The lowest BCUT2D eigenvalue weighted by Gasteiger charge is -2.22.